The van der Waals surface area contributed by atoms with Crippen LogP contribution in [0.3, 0.4) is 0 Å². The largest absolute Gasteiger partial charge is 0.477 e. The molecule has 4 aliphatic carbocycles. The fourth-order valence-electron chi connectivity index (χ4n) is 8.69. The van der Waals surface area contributed by atoms with Crippen LogP contribution in [0.25, 0.3) is 0 Å². The predicted octanol–water partition coefficient (Wildman–Crippen LogP) is 5.40. The number of allylic oxidation sites excluding steroid dienone is 1. The first-order valence-electron chi connectivity index (χ1n) is 13.4. The van der Waals surface area contributed by atoms with Gasteiger partial charge in [-0.15, -0.1) is 0 Å². The Morgan fingerprint density at radius 3 is 2.76 bits per heavy atom. The van der Waals surface area contributed by atoms with Gasteiger partial charge in [0, 0.05) is 19.3 Å². The number of amides is 1. The minimum absolute atomic E-state index is 0.129. The fourth-order valence-corrected chi connectivity index (χ4v) is 8.69. The number of fused-ring (bicyclic) bond motifs is 5. The molecule has 1 aromatic rings. The number of rotatable bonds is 5. The smallest absolute Gasteiger partial charge is 0.252 e. The highest BCUT2D eigenvalue weighted by atomic mass is 16.5. The van der Waals surface area contributed by atoms with Crippen molar-refractivity contribution < 1.29 is 14.6 Å². The third-order valence-corrected chi connectivity index (χ3v) is 10.6. The summed E-state index contributed by atoms with van der Waals surface area (Å²) in [6, 6.07) is 3.57. The van der Waals surface area contributed by atoms with Crippen LogP contribution in [0.1, 0.15) is 82.5 Å². The molecule has 4 aliphatic rings. The van der Waals surface area contributed by atoms with E-state index in [0.717, 1.165) is 37.0 Å². The monoisotopic (exact) mass is 466 g/mol. The van der Waals surface area contributed by atoms with Crippen molar-refractivity contribution in [3.63, 3.8) is 0 Å². The highest BCUT2D eigenvalue weighted by Crippen LogP contribution is 2.67. The van der Waals surface area contributed by atoms with Gasteiger partial charge in [-0.3, -0.25) is 4.79 Å². The predicted molar refractivity (Wildman–Crippen MR) is 133 cm³/mol. The zero-order valence-corrected chi connectivity index (χ0v) is 21.3. The first-order chi connectivity index (χ1) is 16.3. The Morgan fingerprint density at radius 2 is 2.03 bits per heavy atom. The molecule has 186 valence electrons. The Morgan fingerprint density at radius 1 is 1.21 bits per heavy atom. The number of carbonyl (C=O) groups is 1. The SMILES string of the molecule is CNC(=O)c1ccc(OC[C@@H](C)[C@H]2CC[C@H]3[C@@H]4CC=C5C[C@@H](O)CC[C@]5(C)[C@H]4CC[C@]23C)nc1. The molecule has 3 saturated carbocycles. The Balaban J connectivity index is 1.25. The average Bonchev–Trinajstić information content (AvgIpc) is 3.20. The summed E-state index contributed by atoms with van der Waals surface area (Å²) in [6.45, 7) is 8.11. The van der Waals surface area contributed by atoms with Gasteiger partial charge < -0.3 is 15.2 Å². The van der Waals surface area contributed by atoms with E-state index in [9.17, 15) is 9.90 Å². The summed E-state index contributed by atoms with van der Waals surface area (Å²) >= 11 is 0. The van der Waals surface area contributed by atoms with E-state index in [1.807, 2.05) is 0 Å². The molecule has 1 amide bonds. The molecule has 2 N–H and O–H groups in total. The van der Waals surface area contributed by atoms with E-state index in [4.69, 9.17) is 4.74 Å². The quantitative estimate of drug-likeness (QED) is 0.570. The third kappa shape index (κ3) is 3.88. The van der Waals surface area contributed by atoms with E-state index in [1.54, 1.807) is 31.0 Å². The van der Waals surface area contributed by atoms with Gasteiger partial charge in [-0.1, -0.05) is 32.4 Å². The molecule has 3 fully saturated rings. The third-order valence-electron chi connectivity index (χ3n) is 10.6. The highest BCUT2D eigenvalue weighted by Gasteiger charge is 2.59. The number of aromatic nitrogens is 1. The van der Waals surface area contributed by atoms with Crippen LogP contribution in [0.5, 0.6) is 5.88 Å². The normalized spacial score (nSPS) is 39.8. The van der Waals surface area contributed by atoms with Crippen molar-refractivity contribution in [1.82, 2.24) is 10.3 Å². The minimum atomic E-state index is -0.129. The molecule has 0 unspecified atom stereocenters. The maximum Gasteiger partial charge on any atom is 0.252 e. The molecule has 0 aromatic carbocycles. The second-order valence-corrected chi connectivity index (χ2v) is 12.1. The number of hydrogen-bond donors (Lipinski definition) is 2. The van der Waals surface area contributed by atoms with Crippen molar-refractivity contribution in [2.45, 2.75) is 78.2 Å². The summed E-state index contributed by atoms with van der Waals surface area (Å²) in [5.41, 5.74) is 2.80. The van der Waals surface area contributed by atoms with Gasteiger partial charge in [0.15, 0.2) is 0 Å². The van der Waals surface area contributed by atoms with E-state index >= 15 is 0 Å². The van der Waals surface area contributed by atoms with Gasteiger partial charge in [-0.25, -0.2) is 4.98 Å². The standard InChI is InChI=1S/C29H42N2O3/c1-18(17-34-26-10-5-19(16-31-26)27(33)30-4)23-8-9-24-22-7-6-20-15-21(32)11-13-28(20,2)25(22)12-14-29(23,24)3/h5-6,10,16,18,21-25,32H,7-9,11-15,17H2,1-4H3,(H,30,33)/t18-,21+,22+,23-,24+,25+,28+,29-/m1/s1. The molecular formula is C29H42N2O3. The lowest BCUT2D eigenvalue weighted by Gasteiger charge is -2.58. The van der Waals surface area contributed by atoms with Gasteiger partial charge in [-0.05, 0) is 97.9 Å². The molecule has 0 radical (unpaired) electrons. The summed E-state index contributed by atoms with van der Waals surface area (Å²) in [5, 5.41) is 12.9. The summed E-state index contributed by atoms with van der Waals surface area (Å²) < 4.78 is 6.10. The molecule has 5 heteroatoms. The second-order valence-electron chi connectivity index (χ2n) is 12.1. The molecule has 0 aliphatic heterocycles. The number of aliphatic hydroxyl groups is 1. The van der Waals surface area contributed by atoms with Gasteiger partial charge in [-0.2, -0.15) is 0 Å². The fraction of sp³-hybridized carbons (Fsp3) is 0.724. The lowest BCUT2D eigenvalue weighted by Crippen LogP contribution is -2.51. The molecule has 0 bridgehead atoms. The Hall–Kier alpha value is -1.88. The maximum atomic E-state index is 11.7. The van der Waals surface area contributed by atoms with Crippen LogP contribution in [0, 0.1) is 40.4 Å². The number of ether oxygens (including phenoxy) is 1. The van der Waals surface area contributed by atoms with E-state index in [0.29, 0.717) is 40.7 Å². The van der Waals surface area contributed by atoms with Crippen LogP contribution in [0.2, 0.25) is 0 Å². The van der Waals surface area contributed by atoms with Crippen molar-refractivity contribution >= 4 is 5.91 Å². The molecule has 34 heavy (non-hydrogen) atoms. The number of pyridine rings is 1. The van der Waals surface area contributed by atoms with Crippen LogP contribution in [0.4, 0.5) is 0 Å². The molecule has 1 aromatic heterocycles. The highest BCUT2D eigenvalue weighted by molar-refractivity contribution is 5.93. The van der Waals surface area contributed by atoms with Gasteiger partial charge in [0.1, 0.15) is 0 Å². The van der Waals surface area contributed by atoms with Crippen molar-refractivity contribution in [3.8, 4) is 5.88 Å². The molecular weight excluding hydrogens is 424 g/mol. The molecule has 5 nitrogen and oxygen atoms in total. The first-order valence-corrected chi connectivity index (χ1v) is 13.4. The lowest BCUT2D eigenvalue weighted by atomic mass is 9.47. The van der Waals surface area contributed by atoms with Crippen molar-refractivity contribution in [3.05, 3.63) is 35.5 Å². The van der Waals surface area contributed by atoms with Crippen LogP contribution in [-0.2, 0) is 0 Å². The Labute approximate surface area is 204 Å². The van der Waals surface area contributed by atoms with E-state index in [-0.39, 0.29) is 12.0 Å². The number of hydrogen-bond acceptors (Lipinski definition) is 4. The van der Waals surface area contributed by atoms with E-state index in [1.165, 1.54) is 32.1 Å². The summed E-state index contributed by atoms with van der Waals surface area (Å²) in [5.74, 6) is 3.99. The van der Waals surface area contributed by atoms with Crippen LogP contribution in [-0.4, -0.2) is 35.8 Å². The van der Waals surface area contributed by atoms with Gasteiger partial charge in [0.05, 0.1) is 18.3 Å². The van der Waals surface area contributed by atoms with E-state index < -0.39 is 0 Å². The summed E-state index contributed by atoms with van der Waals surface area (Å²) in [7, 11) is 1.62. The van der Waals surface area contributed by atoms with Crippen molar-refractivity contribution in [2.75, 3.05) is 13.7 Å². The topological polar surface area (TPSA) is 71.5 Å². The number of nitrogens with one attached hydrogen (secondary N) is 1. The van der Waals surface area contributed by atoms with E-state index in [2.05, 4.69) is 37.1 Å². The van der Waals surface area contributed by atoms with Crippen molar-refractivity contribution in [2.24, 2.45) is 40.4 Å². The van der Waals surface area contributed by atoms with Crippen molar-refractivity contribution in [1.29, 1.82) is 0 Å². The zero-order chi connectivity index (χ0) is 24.1. The van der Waals surface area contributed by atoms with Crippen LogP contribution < -0.4 is 10.1 Å². The molecule has 8 atom stereocenters. The Kier molecular flexibility index (Phi) is 6.29. The number of carbonyl (C=O) groups excluding carboxylic acids is 1. The Bertz CT molecular complexity index is 943. The molecule has 0 spiro atoms. The number of aliphatic hydroxyl groups excluding tert-OH is 1. The van der Waals surface area contributed by atoms with Crippen LogP contribution in [0.15, 0.2) is 30.0 Å². The lowest BCUT2D eigenvalue weighted by molar-refractivity contribution is -0.0592. The van der Waals surface area contributed by atoms with Gasteiger partial charge in [0.2, 0.25) is 5.88 Å². The second kappa shape index (κ2) is 8.96. The van der Waals surface area contributed by atoms with Gasteiger partial charge >= 0.3 is 0 Å². The molecule has 1 heterocycles. The van der Waals surface area contributed by atoms with Gasteiger partial charge in [0.25, 0.3) is 5.91 Å². The number of nitrogens with zero attached hydrogens (tertiary/aromatic N) is 1. The molecule has 5 rings (SSSR count). The maximum absolute atomic E-state index is 11.7. The zero-order valence-electron chi connectivity index (χ0n) is 21.3. The molecule has 0 saturated heterocycles. The summed E-state index contributed by atoms with van der Waals surface area (Å²) in [4.78, 5) is 16.1. The minimum Gasteiger partial charge on any atom is -0.477 e. The first kappa shape index (κ1) is 23.8. The van der Waals surface area contributed by atoms with Crippen LogP contribution >= 0.6 is 0 Å². The summed E-state index contributed by atoms with van der Waals surface area (Å²) in [6.07, 6.45) is 13.5. The average molecular weight is 467 g/mol.